The van der Waals surface area contributed by atoms with E-state index >= 15 is 0 Å². The summed E-state index contributed by atoms with van der Waals surface area (Å²) >= 11 is 11.6. The van der Waals surface area contributed by atoms with Crippen LogP contribution in [0.5, 0.6) is 0 Å². The molecule has 1 N–H and O–H groups in total. The first kappa shape index (κ1) is 13.7. The molecule has 1 aromatic carbocycles. The van der Waals surface area contributed by atoms with Crippen molar-refractivity contribution in [2.24, 2.45) is 0 Å². The average molecular weight is 335 g/mol. The van der Waals surface area contributed by atoms with Crippen LogP contribution in [0.4, 0.5) is 0 Å². The van der Waals surface area contributed by atoms with E-state index in [9.17, 15) is 0 Å². The third-order valence-electron chi connectivity index (χ3n) is 2.97. The van der Waals surface area contributed by atoms with E-state index in [0.717, 1.165) is 27.8 Å². The van der Waals surface area contributed by atoms with E-state index in [1.807, 2.05) is 18.2 Å². The lowest BCUT2D eigenvalue weighted by atomic mass is 10.2. The lowest BCUT2D eigenvalue weighted by Gasteiger charge is -2.21. The number of hydrogen-bond donors (Lipinski definition) is 1. The fourth-order valence-corrected chi connectivity index (χ4v) is 3.87. The Morgan fingerprint density at radius 3 is 3.06 bits per heavy atom. The molecule has 0 saturated carbocycles. The smallest absolute Gasteiger partial charge is 0.0410 e. The van der Waals surface area contributed by atoms with Crippen molar-refractivity contribution in [2.75, 3.05) is 12.3 Å². The fourth-order valence-electron chi connectivity index (χ4n) is 2.01. The summed E-state index contributed by atoms with van der Waals surface area (Å²) < 4.78 is 1.13. The molecule has 4 heteroatoms. The van der Waals surface area contributed by atoms with Gasteiger partial charge in [0, 0.05) is 27.8 Å². The fraction of sp³-hybridized carbons (Fsp3) is 0.538. The number of benzene rings is 1. The third kappa shape index (κ3) is 4.47. The molecule has 1 saturated heterocycles. The largest absolute Gasteiger partial charge is 0.312 e. The molecular formula is C13H17BrClNS. The summed E-state index contributed by atoms with van der Waals surface area (Å²) in [5.74, 6) is 1.33. The molecule has 0 spiro atoms. The first-order valence-electron chi connectivity index (χ1n) is 6.02. The number of thioether (sulfide) groups is 1. The van der Waals surface area contributed by atoms with Gasteiger partial charge < -0.3 is 5.32 Å². The van der Waals surface area contributed by atoms with Crippen LogP contribution in [0.3, 0.4) is 0 Å². The van der Waals surface area contributed by atoms with Gasteiger partial charge in [0.1, 0.15) is 0 Å². The first-order valence-corrected chi connectivity index (χ1v) is 8.24. The summed E-state index contributed by atoms with van der Waals surface area (Å²) in [5, 5.41) is 5.13. The lowest BCUT2D eigenvalue weighted by molar-refractivity contribution is 0.597. The van der Waals surface area contributed by atoms with Crippen molar-refractivity contribution in [3.05, 3.63) is 33.3 Å². The van der Waals surface area contributed by atoms with Crippen molar-refractivity contribution < 1.29 is 0 Å². The highest BCUT2D eigenvalue weighted by Crippen LogP contribution is 2.25. The number of hydrogen-bond acceptors (Lipinski definition) is 2. The lowest BCUT2D eigenvalue weighted by Crippen LogP contribution is -2.26. The van der Waals surface area contributed by atoms with Gasteiger partial charge in [0.15, 0.2) is 0 Å². The molecule has 0 radical (unpaired) electrons. The zero-order valence-corrected chi connectivity index (χ0v) is 12.9. The maximum atomic E-state index is 5.99. The standard InChI is InChI=1S/C13H17BrClNS/c14-13-5-4-11(15)7-10(13)8-16-9-12-3-1-2-6-17-12/h4-5,7,12,16H,1-3,6,8-9H2. The second kappa shape index (κ2) is 7.03. The van der Waals surface area contributed by atoms with Crippen molar-refractivity contribution >= 4 is 39.3 Å². The molecule has 0 amide bonds. The van der Waals surface area contributed by atoms with Crippen LogP contribution in [0.25, 0.3) is 0 Å². The molecule has 1 atom stereocenters. The normalized spacial score (nSPS) is 20.5. The minimum Gasteiger partial charge on any atom is -0.312 e. The molecule has 1 unspecified atom stereocenters. The van der Waals surface area contributed by atoms with E-state index in [2.05, 4.69) is 33.0 Å². The molecule has 17 heavy (non-hydrogen) atoms. The monoisotopic (exact) mass is 333 g/mol. The van der Waals surface area contributed by atoms with E-state index in [4.69, 9.17) is 11.6 Å². The van der Waals surface area contributed by atoms with Crippen molar-refractivity contribution in [1.82, 2.24) is 5.32 Å². The summed E-state index contributed by atoms with van der Waals surface area (Å²) in [6.07, 6.45) is 4.13. The Hall–Kier alpha value is 0.300. The Kier molecular flexibility index (Phi) is 5.67. The molecule has 0 bridgehead atoms. The Morgan fingerprint density at radius 2 is 2.29 bits per heavy atom. The summed E-state index contributed by atoms with van der Waals surface area (Å²) in [6.45, 7) is 1.99. The van der Waals surface area contributed by atoms with Crippen LogP contribution in [0.15, 0.2) is 22.7 Å². The summed E-state index contributed by atoms with van der Waals surface area (Å²) in [6, 6.07) is 5.94. The molecule has 1 aliphatic rings. The molecular weight excluding hydrogens is 318 g/mol. The van der Waals surface area contributed by atoms with Crippen molar-refractivity contribution in [1.29, 1.82) is 0 Å². The van der Waals surface area contributed by atoms with Crippen LogP contribution in [0.2, 0.25) is 5.02 Å². The van der Waals surface area contributed by atoms with Crippen LogP contribution in [0, 0.1) is 0 Å². The Bertz CT molecular complexity index is 366. The highest BCUT2D eigenvalue weighted by atomic mass is 79.9. The van der Waals surface area contributed by atoms with Crippen LogP contribution < -0.4 is 5.32 Å². The van der Waals surface area contributed by atoms with Crippen molar-refractivity contribution in [3.63, 3.8) is 0 Å². The molecule has 0 aliphatic carbocycles. The van der Waals surface area contributed by atoms with Gasteiger partial charge in [0.05, 0.1) is 0 Å². The molecule has 1 nitrogen and oxygen atoms in total. The molecule has 1 aromatic rings. The Balaban J connectivity index is 1.79. The van der Waals surface area contributed by atoms with E-state index in [0.29, 0.717) is 0 Å². The Labute approximate surface area is 121 Å². The van der Waals surface area contributed by atoms with Crippen LogP contribution in [-0.4, -0.2) is 17.5 Å². The van der Waals surface area contributed by atoms with Gasteiger partial charge in [-0.15, -0.1) is 0 Å². The summed E-state index contributed by atoms with van der Waals surface area (Å²) in [5.41, 5.74) is 1.23. The highest BCUT2D eigenvalue weighted by Gasteiger charge is 2.13. The van der Waals surface area contributed by atoms with Gasteiger partial charge in [-0.1, -0.05) is 34.0 Å². The predicted octanol–water partition coefficient (Wildman–Crippen LogP) is 4.48. The van der Waals surface area contributed by atoms with Crippen molar-refractivity contribution in [3.8, 4) is 0 Å². The number of halogens is 2. The van der Waals surface area contributed by atoms with Gasteiger partial charge >= 0.3 is 0 Å². The summed E-state index contributed by atoms with van der Waals surface area (Å²) in [4.78, 5) is 0. The number of nitrogens with one attached hydrogen (secondary N) is 1. The van der Waals surface area contributed by atoms with Gasteiger partial charge in [-0.3, -0.25) is 0 Å². The second-order valence-corrected chi connectivity index (χ2v) is 7.05. The topological polar surface area (TPSA) is 12.0 Å². The van der Waals surface area contributed by atoms with Gasteiger partial charge in [-0.05, 0) is 42.4 Å². The molecule has 94 valence electrons. The zero-order valence-electron chi connectivity index (χ0n) is 9.72. The minimum atomic E-state index is 0.793. The van der Waals surface area contributed by atoms with Gasteiger partial charge in [0.25, 0.3) is 0 Å². The molecule has 1 heterocycles. The second-order valence-electron chi connectivity index (χ2n) is 4.36. The van der Waals surface area contributed by atoms with Crippen molar-refractivity contribution in [2.45, 2.75) is 31.1 Å². The molecule has 1 aliphatic heterocycles. The maximum Gasteiger partial charge on any atom is 0.0410 e. The third-order valence-corrected chi connectivity index (χ3v) is 5.38. The van der Waals surface area contributed by atoms with Crippen LogP contribution >= 0.6 is 39.3 Å². The Morgan fingerprint density at radius 1 is 1.41 bits per heavy atom. The molecule has 0 aromatic heterocycles. The van der Waals surface area contributed by atoms with E-state index < -0.39 is 0 Å². The quantitative estimate of drug-likeness (QED) is 0.871. The zero-order chi connectivity index (χ0) is 12.1. The molecule has 2 rings (SSSR count). The van der Waals surface area contributed by atoms with Crippen LogP contribution in [-0.2, 0) is 6.54 Å². The SMILES string of the molecule is Clc1ccc(Br)c(CNCC2CCCCS2)c1. The molecule has 1 fully saturated rings. The van der Waals surface area contributed by atoms with Crippen LogP contribution in [0.1, 0.15) is 24.8 Å². The van der Waals surface area contributed by atoms with Gasteiger partial charge in [-0.2, -0.15) is 11.8 Å². The van der Waals surface area contributed by atoms with E-state index in [1.54, 1.807) is 0 Å². The predicted molar refractivity (Wildman–Crippen MR) is 81.0 cm³/mol. The number of rotatable bonds is 4. The van der Waals surface area contributed by atoms with E-state index in [1.165, 1.54) is 30.6 Å². The average Bonchev–Trinajstić information content (AvgIpc) is 2.35. The minimum absolute atomic E-state index is 0.793. The van der Waals surface area contributed by atoms with E-state index in [-0.39, 0.29) is 0 Å². The first-order chi connectivity index (χ1) is 8.25. The highest BCUT2D eigenvalue weighted by molar-refractivity contribution is 9.10. The maximum absolute atomic E-state index is 5.99. The summed E-state index contributed by atoms with van der Waals surface area (Å²) in [7, 11) is 0. The van der Waals surface area contributed by atoms with Gasteiger partial charge in [-0.25, -0.2) is 0 Å². The van der Waals surface area contributed by atoms with Gasteiger partial charge in [0.2, 0.25) is 0 Å².